The Balaban J connectivity index is 2.33. The first-order chi connectivity index (χ1) is 6.81. The number of nitrogens with zero attached hydrogens (tertiary/aromatic N) is 1. The van der Waals surface area contributed by atoms with Crippen LogP contribution >= 0.6 is 0 Å². The van der Waals surface area contributed by atoms with Gasteiger partial charge in [-0.3, -0.25) is 0 Å². The van der Waals surface area contributed by atoms with Crippen molar-refractivity contribution in [3.05, 3.63) is 30.1 Å². The van der Waals surface area contributed by atoms with Gasteiger partial charge in [0.15, 0.2) is 0 Å². The highest BCUT2D eigenvalue weighted by Gasteiger charge is 2.05. The Morgan fingerprint density at radius 3 is 3.14 bits per heavy atom. The van der Waals surface area contributed by atoms with E-state index in [1.807, 2.05) is 6.07 Å². The van der Waals surface area contributed by atoms with E-state index in [2.05, 4.69) is 29.0 Å². The second kappa shape index (κ2) is 3.80. The van der Waals surface area contributed by atoms with Crippen molar-refractivity contribution in [1.82, 2.24) is 9.97 Å². The van der Waals surface area contributed by atoms with E-state index in [1.54, 1.807) is 6.33 Å². The molecule has 74 valence electrons. The summed E-state index contributed by atoms with van der Waals surface area (Å²) in [6.45, 7) is 2.94. The molecule has 1 aromatic carbocycles. The van der Waals surface area contributed by atoms with Gasteiger partial charge in [-0.15, -0.1) is 0 Å². The summed E-state index contributed by atoms with van der Waals surface area (Å²) in [6.07, 6.45) is 2.75. The average molecular weight is 189 g/mol. The number of nitrogens with one attached hydrogen (secondary N) is 1. The number of fused-ring (bicyclic) bond motifs is 1. The zero-order valence-corrected chi connectivity index (χ0v) is 8.33. The highest BCUT2D eigenvalue weighted by Crippen LogP contribution is 2.21. The number of aromatic nitrogens is 2. The maximum Gasteiger partial charge on any atom is 0.0931 e. The van der Waals surface area contributed by atoms with Crippen molar-refractivity contribution < 1.29 is 0 Å². The molecule has 0 saturated carbocycles. The van der Waals surface area contributed by atoms with Crippen LogP contribution in [0.5, 0.6) is 0 Å². The number of H-pyrrole nitrogens is 1. The van der Waals surface area contributed by atoms with Gasteiger partial charge in [-0.25, -0.2) is 4.98 Å². The summed E-state index contributed by atoms with van der Waals surface area (Å²) in [5.74, 6) is 0.521. The quantitative estimate of drug-likeness (QED) is 0.776. The van der Waals surface area contributed by atoms with E-state index in [1.165, 1.54) is 5.56 Å². The molecule has 0 aliphatic rings. The first-order valence-electron chi connectivity index (χ1n) is 4.94. The van der Waals surface area contributed by atoms with Crippen LogP contribution in [0.15, 0.2) is 24.5 Å². The van der Waals surface area contributed by atoms with Crippen LogP contribution in [-0.4, -0.2) is 16.5 Å². The normalized spacial score (nSPS) is 13.3. The van der Waals surface area contributed by atoms with Crippen molar-refractivity contribution in [2.45, 2.75) is 19.3 Å². The molecule has 0 radical (unpaired) electrons. The third-order valence-electron chi connectivity index (χ3n) is 2.61. The number of aromatic amines is 1. The highest BCUT2D eigenvalue weighted by atomic mass is 14.9. The minimum atomic E-state index is 0.521. The largest absolute Gasteiger partial charge is 0.345 e. The molecule has 0 aliphatic heterocycles. The maximum atomic E-state index is 5.54. The molecule has 0 saturated heterocycles. The maximum absolute atomic E-state index is 5.54. The summed E-state index contributed by atoms with van der Waals surface area (Å²) in [5, 5.41) is 0. The molecule has 3 nitrogen and oxygen atoms in total. The van der Waals surface area contributed by atoms with Gasteiger partial charge in [-0.2, -0.15) is 0 Å². The molecule has 0 aliphatic carbocycles. The Bertz CT molecular complexity index is 419. The molecule has 3 N–H and O–H groups in total. The van der Waals surface area contributed by atoms with Crippen molar-refractivity contribution in [2.24, 2.45) is 5.73 Å². The van der Waals surface area contributed by atoms with Crippen LogP contribution in [0.1, 0.15) is 24.8 Å². The fraction of sp³-hybridized carbons (Fsp3) is 0.364. The molecule has 2 aromatic rings. The molecular formula is C11H15N3. The lowest BCUT2D eigenvalue weighted by molar-refractivity contribution is 0.691. The molecule has 1 atom stereocenters. The Hall–Kier alpha value is -1.35. The second-order valence-electron chi connectivity index (χ2n) is 3.66. The van der Waals surface area contributed by atoms with E-state index in [9.17, 15) is 0 Å². The number of rotatable bonds is 3. The van der Waals surface area contributed by atoms with Gasteiger partial charge in [-0.1, -0.05) is 13.0 Å². The van der Waals surface area contributed by atoms with E-state index in [0.717, 1.165) is 24.0 Å². The standard InChI is InChI=1S/C11H15N3/c1-8(4-5-12)9-2-3-10-11(6-9)14-7-13-10/h2-3,6-8H,4-5,12H2,1H3,(H,13,14). The van der Waals surface area contributed by atoms with Gasteiger partial charge in [0, 0.05) is 0 Å². The van der Waals surface area contributed by atoms with Crippen LogP contribution in [0.25, 0.3) is 11.0 Å². The van der Waals surface area contributed by atoms with Crippen LogP contribution < -0.4 is 5.73 Å². The molecular weight excluding hydrogens is 174 g/mol. The molecule has 0 amide bonds. The molecule has 0 fully saturated rings. The number of hydrogen-bond acceptors (Lipinski definition) is 2. The molecule has 0 spiro atoms. The highest BCUT2D eigenvalue weighted by molar-refractivity contribution is 5.75. The van der Waals surface area contributed by atoms with Crippen molar-refractivity contribution in [3.8, 4) is 0 Å². The first-order valence-corrected chi connectivity index (χ1v) is 4.94. The summed E-state index contributed by atoms with van der Waals surface area (Å²) in [7, 11) is 0. The van der Waals surface area contributed by atoms with Gasteiger partial charge < -0.3 is 10.7 Å². The second-order valence-corrected chi connectivity index (χ2v) is 3.66. The first kappa shape index (κ1) is 9.21. The van der Waals surface area contributed by atoms with E-state index >= 15 is 0 Å². The van der Waals surface area contributed by atoms with Crippen molar-refractivity contribution in [2.75, 3.05) is 6.54 Å². The predicted molar refractivity (Wildman–Crippen MR) is 58.2 cm³/mol. The zero-order chi connectivity index (χ0) is 9.97. The van der Waals surface area contributed by atoms with Crippen LogP contribution in [0, 0.1) is 0 Å². The average Bonchev–Trinajstić information content (AvgIpc) is 2.64. The van der Waals surface area contributed by atoms with Crippen LogP contribution in [0.4, 0.5) is 0 Å². The van der Waals surface area contributed by atoms with E-state index in [0.29, 0.717) is 5.92 Å². The number of benzene rings is 1. The van der Waals surface area contributed by atoms with Crippen molar-refractivity contribution >= 4 is 11.0 Å². The Labute approximate surface area is 83.3 Å². The predicted octanol–water partition coefficient (Wildman–Crippen LogP) is 2.02. The lowest BCUT2D eigenvalue weighted by Crippen LogP contribution is -2.04. The summed E-state index contributed by atoms with van der Waals surface area (Å²) < 4.78 is 0. The Morgan fingerprint density at radius 1 is 1.50 bits per heavy atom. The Kier molecular flexibility index (Phi) is 2.50. The lowest BCUT2D eigenvalue weighted by atomic mass is 9.97. The molecule has 0 bridgehead atoms. The summed E-state index contributed by atoms with van der Waals surface area (Å²) in [5.41, 5.74) is 8.99. The molecule has 2 rings (SSSR count). The number of imidazole rings is 1. The number of hydrogen-bond donors (Lipinski definition) is 2. The van der Waals surface area contributed by atoms with Gasteiger partial charge in [0.05, 0.1) is 17.4 Å². The summed E-state index contributed by atoms with van der Waals surface area (Å²) >= 11 is 0. The van der Waals surface area contributed by atoms with Gasteiger partial charge >= 0.3 is 0 Å². The van der Waals surface area contributed by atoms with E-state index in [-0.39, 0.29) is 0 Å². The van der Waals surface area contributed by atoms with E-state index < -0.39 is 0 Å². The molecule has 1 heterocycles. The van der Waals surface area contributed by atoms with Gasteiger partial charge in [0.2, 0.25) is 0 Å². The smallest absolute Gasteiger partial charge is 0.0931 e. The third kappa shape index (κ3) is 1.63. The van der Waals surface area contributed by atoms with Crippen LogP contribution in [0.2, 0.25) is 0 Å². The molecule has 1 unspecified atom stereocenters. The minimum Gasteiger partial charge on any atom is -0.345 e. The Morgan fingerprint density at radius 2 is 2.36 bits per heavy atom. The molecule has 14 heavy (non-hydrogen) atoms. The van der Waals surface area contributed by atoms with Gasteiger partial charge in [0.1, 0.15) is 0 Å². The number of nitrogens with two attached hydrogens (primary N) is 1. The van der Waals surface area contributed by atoms with Gasteiger partial charge in [0.25, 0.3) is 0 Å². The fourth-order valence-electron chi connectivity index (χ4n) is 1.68. The van der Waals surface area contributed by atoms with Crippen LogP contribution in [0.3, 0.4) is 0 Å². The summed E-state index contributed by atoms with van der Waals surface area (Å²) in [4.78, 5) is 7.30. The SMILES string of the molecule is CC(CCN)c1ccc2nc[nH]c2c1. The lowest BCUT2D eigenvalue weighted by Gasteiger charge is -2.09. The monoisotopic (exact) mass is 189 g/mol. The van der Waals surface area contributed by atoms with Crippen molar-refractivity contribution in [3.63, 3.8) is 0 Å². The van der Waals surface area contributed by atoms with Crippen LogP contribution in [-0.2, 0) is 0 Å². The van der Waals surface area contributed by atoms with Gasteiger partial charge in [-0.05, 0) is 36.6 Å². The zero-order valence-electron chi connectivity index (χ0n) is 8.33. The minimum absolute atomic E-state index is 0.521. The summed E-state index contributed by atoms with van der Waals surface area (Å²) in [6, 6.07) is 6.33. The fourth-order valence-corrected chi connectivity index (χ4v) is 1.68. The van der Waals surface area contributed by atoms with E-state index in [4.69, 9.17) is 5.73 Å². The molecule has 1 aromatic heterocycles. The third-order valence-corrected chi connectivity index (χ3v) is 2.61. The molecule has 3 heteroatoms. The topological polar surface area (TPSA) is 54.7 Å². The van der Waals surface area contributed by atoms with Crippen molar-refractivity contribution in [1.29, 1.82) is 0 Å².